The number of hydrogen-bond acceptors (Lipinski definition) is 11. The van der Waals surface area contributed by atoms with Gasteiger partial charge in [0, 0.05) is 19.8 Å². The molecule has 1 heterocycles. The largest absolute Gasteiger partial charge is 0.512 e. The van der Waals surface area contributed by atoms with Crippen LogP contribution < -0.4 is 0 Å². The lowest BCUT2D eigenvalue weighted by Crippen LogP contribution is -2.39. The van der Waals surface area contributed by atoms with Crippen LogP contribution in [0.15, 0.2) is 0 Å². The highest BCUT2D eigenvalue weighted by Crippen LogP contribution is 2.13. The van der Waals surface area contributed by atoms with Crippen LogP contribution in [0.4, 0.5) is 4.79 Å². The first-order valence-corrected chi connectivity index (χ1v) is 8.30. The summed E-state index contributed by atoms with van der Waals surface area (Å²) in [5.74, 6) is -4.76. The van der Waals surface area contributed by atoms with Gasteiger partial charge in [-0.15, -0.1) is 5.06 Å². The van der Waals surface area contributed by atoms with Crippen LogP contribution in [0.1, 0.15) is 40.5 Å². The molecule has 0 aromatic heterocycles. The first kappa shape index (κ1) is 22.9. The minimum atomic E-state index is -2.03. The van der Waals surface area contributed by atoms with Gasteiger partial charge in [0.15, 0.2) is 0 Å². The van der Waals surface area contributed by atoms with Crippen LogP contribution >= 0.6 is 0 Å². The maximum absolute atomic E-state index is 11.8. The van der Waals surface area contributed by atoms with Gasteiger partial charge < -0.3 is 23.8 Å². The summed E-state index contributed by atoms with van der Waals surface area (Å²) in [4.78, 5) is 73.8. The van der Waals surface area contributed by atoms with Crippen LogP contribution in [0, 0.1) is 5.92 Å². The van der Waals surface area contributed by atoms with Crippen LogP contribution in [-0.4, -0.2) is 59.9 Å². The Morgan fingerprint density at radius 3 is 2.00 bits per heavy atom. The highest BCUT2D eigenvalue weighted by molar-refractivity contribution is 6.01. The first-order chi connectivity index (χ1) is 13.0. The second-order valence-corrected chi connectivity index (χ2v) is 6.09. The molecule has 0 radical (unpaired) electrons. The van der Waals surface area contributed by atoms with Crippen molar-refractivity contribution in [2.75, 3.05) is 6.61 Å². The van der Waals surface area contributed by atoms with Gasteiger partial charge in [0.2, 0.25) is 6.10 Å². The Bertz CT molecular complexity index is 641. The number of hydroxylamine groups is 2. The van der Waals surface area contributed by atoms with E-state index in [0.29, 0.717) is 0 Å². The molecule has 12 nitrogen and oxygen atoms in total. The van der Waals surface area contributed by atoms with E-state index in [4.69, 9.17) is 4.74 Å². The number of rotatable bonds is 8. The van der Waals surface area contributed by atoms with Crippen molar-refractivity contribution in [1.82, 2.24) is 5.06 Å². The third-order valence-corrected chi connectivity index (χ3v) is 3.02. The summed E-state index contributed by atoms with van der Waals surface area (Å²) in [5.41, 5.74) is 0. The third-order valence-electron chi connectivity index (χ3n) is 3.02. The Morgan fingerprint density at radius 2 is 1.50 bits per heavy atom. The number of hydrogen-bond donors (Lipinski definition) is 0. The fourth-order valence-electron chi connectivity index (χ4n) is 1.72. The van der Waals surface area contributed by atoms with Gasteiger partial charge in [0.1, 0.15) is 0 Å². The van der Waals surface area contributed by atoms with Gasteiger partial charge in [-0.3, -0.25) is 14.4 Å². The van der Waals surface area contributed by atoms with Crippen LogP contribution in [0.25, 0.3) is 0 Å². The van der Waals surface area contributed by atoms with Gasteiger partial charge in [-0.1, -0.05) is 13.8 Å². The molecule has 2 atom stereocenters. The summed E-state index contributed by atoms with van der Waals surface area (Å²) in [7, 11) is 0. The molecule has 0 bridgehead atoms. The van der Waals surface area contributed by atoms with Crippen molar-refractivity contribution in [3.8, 4) is 0 Å². The average Bonchev–Trinajstić information content (AvgIpc) is 2.90. The smallest absolute Gasteiger partial charge is 0.460 e. The lowest BCUT2D eigenvalue weighted by molar-refractivity contribution is -0.206. The van der Waals surface area contributed by atoms with Gasteiger partial charge in [-0.2, -0.15) is 0 Å². The predicted molar refractivity (Wildman–Crippen MR) is 85.6 cm³/mol. The van der Waals surface area contributed by atoms with Gasteiger partial charge in [0.05, 0.1) is 6.61 Å². The lowest BCUT2D eigenvalue weighted by Gasteiger charge is -2.19. The zero-order valence-corrected chi connectivity index (χ0v) is 15.8. The second kappa shape index (κ2) is 10.2. The molecule has 1 aliphatic heterocycles. The number of nitrogens with zero attached hydrogens (tertiary/aromatic N) is 1. The van der Waals surface area contributed by atoms with Crippen LogP contribution in [0.3, 0.4) is 0 Å². The quantitative estimate of drug-likeness (QED) is 0.237. The fraction of sp³-hybridized carbons (Fsp3) is 0.625. The normalized spacial score (nSPS) is 15.7. The summed E-state index contributed by atoms with van der Waals surface area (Å²) in [6.45, 7) is 5.54. The van der Waals surface area contributed by atoms with Gasteiger partial charge in [-0.05, 0) is 12.8 Å². The highest BCUT2D eigenvalue weighted by Gasteiger charge is 2.36. The van der Waals surface area contributed by atoms with E-state index < -0.39 is 48.3 Å². The molecule has 12 heteroatoms. The molecule has 1 rings (SSSR count). The Kier molecular flexibility index (Phi) is 8.35. The molecular formula is C16H21NO11. The fourth-order valence-corrected chi connectivity index (χ4v) is 1.72. The molecule has 1 saturated heterocycles. The van der Waals surface area contributed by atoms with E-state index in [2.05, 4.69) is 19.0 Å². The molecule has 1 aliphatic rings. The maximum Gasteiger partial charge on any atom is 0.512 e. The predicted octanol–water partition coefficient (Wildman–Crippen LogP) is 0.224. The van der Waals surface area contributed by atoms with Gasteiger partial charge in [-0.25, -0.2) is 14.4 Å². The van der Waals surface area contributed by atoms with E-state index in [9.17, 15) is 28.8 Å². The third kappa shape index (κ3) is 7.21. The van der Waals surface area contributed by atoms with Crippen molar-refractivity contribution in [2.24, 2.45) is 5.92 Å². The summed E-state index contributed by atoms with van der Waals surface area (Å²) in [6.07, 6.45) is -5.39. The number of carbonyl (C=O) groups is 6. The zero-order valence-electron chi connectivity index (χ0n) is 15.8. The molecule has 0 aliphatic carbocycles. The van der Waals surface area contributed by atoms with Crippen LogP contribution in [0.2, 0.25) is 0 Å². The maximum atomic E-state index is 11.8. The van der Waals surface area contributed by atoms with Crippen molar-refractivity contribution in [3.63, 3.8) is 0 Å². The summed E-state index contributed by atoms with van der Waals surface area (Å²) >= 11 is 0. The molecule has 0 N–H and O–H groups in total. The summed E-state index contributed by atoms with van der Waals surface area (Å²) < 4.78 is 18.5. The van der Waals surface area contributed by atoms with E-state index in [1.807, 2.05) is 0 Å². The van der Waals surface area contributed by atoms with Crippen LogP contribution in [-0.2, 0) is 47.8 Å². The number of esters is 2. The van der Waals surface area contributed by atoms with E-state index in [-0.39, 0.29) is 30.4 Å². The molecule has 1 fully saturated rings. The molecule has 0 saturated carbocycles. The molecule has 2 amide bonds. The topological polar surface area (TPSA) is 152 Å². The molecule has 28 heavy (non-hydrogen) atoms. The standard InChI is InChI=1S/C16H21NO11/c1-8(2)7-24-14(22)15(26-10(4)18)27-16(23)25-9(3)13(21)28-17-11(19)5-6-12(17)20/h8-9,15H,5-7H2,1-4H3/t9-,15-/m0/s1. The summed E-state index contributed by atoms with van der Waals surface area (Å²) in [5, 5.41) is 0.276. The van der Waals surface area contributed by atoms with Crippen LogP contribution in [0.5, 0.6) is 0 Å². The molecule has 156 valence electrons. The SMILES string of the molecule is CC(=O)O[C@@H](OC(=O)O[C@@H](C)C(=O)ON1C(=O)CCC1=O)C(=O)OCC(C)C. The molecule has 0 spiro atoms. The van der Waals surface area contributed by atoms with E-state index >= 15 is 0 Å². The Morgan fingerprint density at radius 1 is 0.929 bits per heavy atom. The van der Waals surface area contributed by atoms with Crippen molar-refractivity contribution in [3.05, 3.63) is 0 Å². The Hall–Kier alpha value is -3.18. The van der Waals surface area contributed by atoms with Gasteiger partial charge in [0.25, 0.3) is 11.8 Å². The number of amides is 2. The Balaban J connectivity index is 2.60. The Labute approximate surface area is 159 Å². The highest BCUT2D eigenvalue weighted by atomic mass is 16.8. The number of imide groups is 1. The molecule has 0 aromatic rings. The number of carbonyl (C=O) groups excluding carboxylic acids is 6. The lowest BCUT2D eigenvalue weighted by atomic mass is 10.2. The first-order valence-electron chi connectivity index (χ1n) is 8.30. The van der Waals surface area contributed by atoms with Gasteiger partial charge >= 0.3 is 30.4 Å². The zero-order chi connectivity index (χ0) is 21.4. The molecule has 0 unspecified atom stereocenters. The van der Waals surface area contributed by atoms with E-state index in [1.165, 1.54) is 0 Å². The summed E-state index contributed by atoms with van der Waals surface area (Å²) in [6, 6.07) is 0. The van der Waals surface area contributed by atoms with Crippen molar-refractivity contribution in [2.45, 2.75) is 52.9 Å². The monoisotopic (exact) mass is 403 g/mol. The minimum absolute atomic E-state index is 0.0182. The van der Waals surface area contributed by atoms with Crippen molar-refractivity contribution < 1.29 is 52.6 Å². The molecular weight excluding hydrogens is 382 g/mol. The van der Waals surface area contributed by atoms with E-state index in [1.54, 1.807) is 13.8 Å². The average molecular weight is 403 g/mol. The van der Waals surface area contributed by atoms with Crippen molar-refractivity contribution in [1.29, 1.82) is 0 Å². The minimum Gasteiger partial charge on any atom is -0.460 e. The second-order valence-electron chi connectivity index (χ2n) is 6.09. The number of ether oxygens (including phenoxy) is 4. The van der Waals surface area contributed by atoms with Crippen molar-refractivity contribution >= 4 is 35.9 Å². The molecule has 0 aromatic carbocycles. The van der Waals surface area contributed by atoms with E-state index in [0.717, 1.165) is 13.8 Å².